The van der Waals surface area contributed by atoms with E-state index in [1.807, 2.05) is 12.1 Å². The average Bonchev–Trinajstić information content (AvgIpc) is 2.56. The number of hydrogen-bond donors (Lipinski definition) is 1. The Labute approximate surface area is 159 Å². The normalized spacial score (nSPS) is 10.5. The van der Waals surface area contributed by atoms with Gasteiger partial charge in [-0.15, -0.1) is 0 Å². The van der Waals surface area contributed by atoms with Gasteiger partial charge in [0.25, 0.3) is 5.69 Å². The van der Waals surface area contributed by atoms with E-state index in [4.69, 9.17) is 23.2 Å². The number of non-ortho nitro benzene ring substituents is 1. The van der Waals surface area contributed by atoms with E-state index in [1.54, 1.807) is 30.8 Å². The Kier molecular flexibility index (Phi) is 7.11. The number of aryl methyl sites for hydroxylation is 1. The molecule has 8 heteroatoms. The maximum Gasteiger partial charge on any atom is 0.271 e. The second kappa shape index (κ2) is 9.08. The number of nitro groups is 1. The number of thioether (sulfide) groups is 1. The van der Waals surface area contributed by atoms with E-state index >= 15 is 0 Å². The molecular weight excluding hydrogens is 383 g/mol. The van der Waals surface area contributed by atoms with Crippen LogP contribution in [0, 0.1) is 17.0 Å². The third kappa shape index (κ3) is 5.92. The van der Waals surface area contributed by atoms with Crippen molar-refractivity contribution in [2.24, 2.45) is 0 Å². The highest BCUT2D eigenvalue weighted by Gasteiger charge is 2.11. The molecule has 1 amide bonds. The molecule has 0 aliphatic rings. The highest BCUT2D eigenvalue weighted by molar-refractivity contribution is 7.98. The summed E-state index contributed by atoms with van der Waals surface area (Å²) < 4.78 is 0. The van der Waals surface area contributed by atoms with E-state index in [-0.39, 0.29) is 11.6 Å². The van der Waals surface area contributed by atoms with E-state index in [0.29, 0.717) is 27.9 Å². The summed E-state index contributed by atoms with van der Waals surface area (Å²) in [7, 11) is 0. The Bertz CT molecular complexity index is 799. The molecular formula is C17H16Cl2N2O3S. The molecule has 2 rings (SSSR count). The topological polar surface area (TPSA) is 72.2 Å². The highest BCUT2D eigenvalue weighted by Crippen LogP contribution is 2.25. The van der Waals surface area contributed by atoms with Gasteiger partial charge in [-0.3, -0.25) is 14.9 Å². The van der Waals surface area contributed by atoms with E-state index in [1.165, 1.54) is 12.1 Å². The first-order chi connectivity index (χ1) is 11.9. The number of amides is 1. The minimum Gasteiger partial charge on any atom is -0.326 e. The van der Waals surface area contributed by atoms with Crippen molar-refractivity contribution in [1.82, 2.24) is 0 Å². The van der Waals surface area contributed by atoms with Gasteiger partial charge in [0, 0.05) is 30.1 Å². The molecule has 0 atom stereocenters. The van der Waals surface area contributed by atoms with Gasteiger partial charge in [0.1, 0.15) is 0 Å². The minimum atomic E-state index is -0.484. The number of halogens is 2. The zero-order valence-electron chi connectivity index (χ0n) is 13.4. The van der Waals surface area contributed by atoms with E-state index in [0.717, 1.165) is 16.9 Å². The fourth-order valence-corrected chi connectivity index (χ4v) is 3.27. The van der Waals surface area contributed by atoms with Crippen LogP contribution in [0.5, 0.6) is 0 Å². The second-order valence-electron chi connectivity index (χ2n) is 5.36. The van der Waals surface area contributed by atoms with Gasteiger partial charge >= 0.3 is 0 Å². The number of hydrogen-bond acceptors (Lipinski definition) is 4. The third-order valence-electron chi connectivity index (χ3n) is 3.43. The Morgan fingerprint density at radius 1 is 1.20 bits per heavy atom. The van der Waals surface area contributed by atoms with Crippen molar-refractivity contribution in [3.8, 4) is 0 Å². The molecule has 0 spiro atoms. The lowest BCUT2D eigenvalue weighted by molar-refractivity contribution is -0.384. The molecule has 1 N–H and O–H groups in total. The highest BCUT2D eigenvalue weighted by atomic mass is 35.5. The van der Waals surface area contributed by atoms with Crippen molar-refractivity contribution >= 4 is 52.2 Å². The van der Waals surface area contributed by atoms with Crippen molar-refractivity contribution in [2.45, 2.75) is 19.1 Å². The summed E-state index contributed by atoms with van der Waals surface area (Å²) >= 11 is 13.4. The summed E-state index contributed by atoms with van der Waals surface area (Å²) in [4.78, 5) is 22.4. The molecule has 0 aliphatic heterocycles. The van der Waals surface area contributed by atoms with Gasteiger partial charge in [0.15, 0.2) is 0 Å². The van der Waals surface area contributed by atoms with Crippen molar-refractivity contribution in [3.63, 3.8) is 0 Å². The molecule has 0 aromatic heterocycles. The van der Waals surface area contributed by atoms with Crippen molar-refractivity contribution in [2.75, 3.05) is 11.1 Å². The van der Waals surface area contributed by atoms with E-state index in [9.17, 15) is 14.9 Å². The number of carbonyl (C=O) groups is 1. The molecule has 5 nitrogen and oxygen atoms in total. The number of benzene rings is 2. The fraction of sp³-hybridized carbons (Fsp3) is 0.235. The molecule has 25 heavy (non-hydrogen) atoms. The first kappa shape index (κ1) is 19.6. The molecule has 0 heterocycles. The summed E-state index contributed by atoms with van der Waals surface area (Å²) in [5.41, 5.74) is 2.24. The zero-order chi connectivity index (χ0) is 18.4. The molecule has 2 aromatic rings. The number of carbonyl (C=O) groups excluding carboxylic acids is 1. The Hall–Kier alpha value is -1.76. The molecule has 0 aliphatic carbocycles. The standard InChI is InChI=1S/C17H16Cl2N2O3S/c1-11-2-4-13(21(23)24)9-16(11)20-17(22)6-7-25-10-12-3-5-14(18)15(19)8-12/h2-5,8-9H,6-7,10H2,1H3,(H,20,22). The van der Waals surface area contributed by atoms with E-state index < -0.39 is 4.92 Å². The van der Waals surface area contributed by atoms with Crippen LogP contribution in [-0.4, -0.2) is 16.6 Å². The number of nitrogens with one attached hydrogen (secondary N) is 1. The largest absolute Gasteiger partial charge is 0.326 e. The predicted octanol–water partition coefficient (Wildman–Crippen LogP) is 5.47. The molecule has 0 saturated carbocycles. The first-order valence-electron chi connectivity index (χ1n) is 7.43. The van der Waals surface area contributed by atoms with Crippen LogP contribution >= 0.6 is 35.0 Å². The molecule has 0 unspecified atom stereocenters. The van der Waals surface area contributed by atoms with Crippen LogP contribution in [-0.2, 0) is 10.5 Å². The minimum absolute atomic E-state index is 0.0464. The quantitative estimate of drug-likeness (QED) is 0.381. The first-order valence-corrected chi connectivity index (χ1v) is 9.34. The summed E-state index contributed by atoms with van der Waals surface area (Å²) in [6.45, 7) is 1.79. The Morgan fingerprint density at radius 2 is 1.96 bits per heavy atom. The van der Waals surface area contributed by atoms with Crippen LogP contribution in [0.4, 0.5) is 11.4 Å². The fourth-order valence-electron chi connectivity index (χ4n) is 2.06. The van der Waals surface area contributed by atoms with Gasteiger partial charge in [0.2, 0.25) is 5.91 Å². The summed E-state index contributed by atoms with van der Waals surface area (Å²) in [6.07, 6.45) is 0.314. The van der Waals surface area contributed by atoms with Crippen LogP contribution in [0.3, 0.4) is 0 Å². The molecule has 0 fully saturated rings. The molecule has 2 aromatic carbocycles. The third-order valence-corrected chi connectivity index (χ3v) is 5.20. The van der Waals surface area contributed by atoms with Gasteiger partial charge in [0.05, 0.1) is 20.7 Å². The summed E-state index contributed by atoms with van der Waals surface area (Å²) in [5.74, 6) is 1.17. The summed E-state index contributed by atoms with van der Waals surface area (Å²) in [5, 5.41) is 14.6. The maximum atomic E-state index is 12.0. The monoisotopic (exact) mass is 398 g/mol. The van der Waals surface area contributed by atoms with Gasteiger partial charge in [-0.2, -0.15) is 11.8 Å². The lowest BCUT2D eigenvalue weighted by Gasteiger charge is -2.08. The van der Waals surface area contributed by atoms with Gasteiger partial charge in [-0.05, 0) is 30.2 Å². The lowest BCUT2D eigenvalue weighted by atomic mass is 10.2. The van der Waals surface area contributed by atoms with Gasteiger partial charge < -0.3 is 5.32 Å². The van der Waals surface area contributed by atoms with Crippen LogP contribution in [0.2, 0.25) is 10.0 Å². The van der Waals surface area contributed by atoms with Crippen molar-refractivity contribution in [1.29, 1.82) is 0 Å². The van der Waals surface area contributed by atoms with Crippen LogP contribution in [0.15, 0.2) is 36.4 Å². The lowest BCUT2D eigenvalue weighted by Crippen LogP contribution is -2.13. The number of nitrogens with zero attached hydrogens (tertiary/aromatic N) is 1. The number of anilines is 1. The molecule has 0 radical (unpaired) electrons. The van der Waals surface area contributed by atoms with Crippen LogP contribution in [0.1, 0.15) is 17.5 Å². The zero-order valence-corrected chi connectivity index (χ0v) is 15.7. The summed E-state index contributed by atoms with van der Waals surface area (Å²) in [6, 6.07) is 9.86. The van der Waals surface area contributed by atoms with Crippen LogP contribution < -0.4 is 5.32 Å². The smallest absolute Gasteiger partial charge is 0.271 e. The second-order valence-corrected chi connectivity index (χ2v) is 7.28. The van der Waals surface area contributed by atoms with Crippen LogP contribution in [0.25, 0.3) is 0 Å². The van der Waals surface area contributed by atoms with Crippen molar-refractivity contribution in [3.05, 3.63) is 67.7 Å². The van der Waals surface area contributed by atoms with E-state index in [2.05, 4.69) is 5.32 Å². The Morgan fingerprint density at radius 3 is 2.64 bits per heavy atom. The average molecular weight is 399 g/mol. The maximum absolute atomic E-state index is 12.0. The predicted molar refractivity (Wildman–Crippen MR) is 104 cm³/mol. The van der Waals surface area contributed by atoms with Crippen molar-refractivity contribution < 1.29 is 9.72 Å². The molecule has 132 valence electrons. The van der Waals surface area contributed by atoms with Gasteiger partial charge in [-0.25, -0.2) is 0 Å². The molecule has 0 saturated heterocycles. The van der Waals surface area contributed by atoms with Gasteiger partial charge in [-0.1, -0.05) is 35.3 Å². The Balaban J connectivity index is 1.82. The SMILES string of the molecule is Cc1ccc([N+](=O)[O-])cc1NC(=O)CCSCc1ccc(Cl)c(Cl)c1. The number of nitro benzene ring substituents is 1. The number of rotatable bonds is 7. The molecule has 0 bridgehead atoms.